The van der Waals surface area contributed by atoms with E-state index in [4.69, 9.17) is 37.6 Å². The van der Waals surface area contributed by atoms with E-state index in [1.54, 1.807) is 18.2 Å². The van der Waals surface area contributed by atoms with Crippen molar-refractivity contribution < 1.29 is 40.8 Å². The van der Waals surface area contributed by atoms with Crippen LogP contribution in [0.2, 0.25) is 10.0 Å². The summed E-state index contributed by atoms with van der Waals surface area (Å²) in [5.74, 6) is -1.14. The summed E-state index contributed by atoms with van der Waals surface area (Å²) >= 11 is 12.7. The fourth-order valence-electron chi connectivity index (χ4n) is 3.86. The molecule has 1 N–H and O–H groups in total. The third-order valence-electron chi connectivity index (χ3n) is 5.73. The molecule has 0 amide bonds. The number of sulfonamides is 1. The van der Waals surface area contributed by atoms with Gasteiger partial charge in [0.05, 0.1) is 38.0 Å². The summed E-state index contributed by atoms with van der Waals surface area (Å²) in [5.41, 5.74) is 0.118. The summed E-state index contributed by atoms with van der Waals surface area (Å²) in [4.78, 5) is 14.1. The number of carbonyl (C=O) groups is 1. The van der Waals surface area contributed by atoms with Crippen LogP contribution in [0.3, 0.4) is 0 Å². The molecule has 0 saturated carbocycles. The lowest BCUT2D eigenvalue weighted by Crippen LogP contribution is -2.43. The maximum Gasteiger partial charge on any atom is 0.498 e. The molecule has 0 aliphatic carbocycles. The molecule has 4 aromatic rings. The minimum absolute atomic E-state index is 0.119. The number of anilines is 1. The number of carboxylic acids is 1. The quantitative estimate of drug-likeness (QED) is 0.193. The second-order valence-corrected chi connectivity index (χ2v) is 11.4. The number of ether oxygens (including phenoxy) is 1. The average Bonchev–Trinajstić information content (AvgIpc) is 3.31. The summed E-state index contributed by atoms with van der Waals surface area (Å²) in [6, 6.07) is 10.2. The molecule has 0 aliphatic heterocycles. The Kier molecular flexibility index (Phi) is 8.52. The van der Waals surface area contributed by atoms with Crippen molar-refractivity contribution in [3.63, 3.8) is 0 Å². The highest BCUT2D eigenvalue weighted by molar-refractivity contribution is 7.92. The van der Waals surface area contributed by atoms with Gasteiger partial charge >= 0.3 is 12.3 Å². The van der Waals surface area contributed by atoms with Gasteiger partial charge in [0.2, 0.25) is 5.88 Å². The van der Waals surface area contributed by atoms with Crippen LogP contribution in [0.4, 0.5) is 18.9 Å². The lowest BCUT2D eigenvalue weighted by atomic mass is 10.0. The molecular weight excluding hydrogens is 610 g/mol. The third-order valence-corrected chi connectivity index (χ3v) is 8.13. The molecule has 0 bridgehead atoms. The fraction of sp³-hybridized carbons (Fsp3) is 0.192. The lowest BCUT2D eigenvalue weighted by molar-refractivity contribution is -0.115. The van der Waals surface area contributed by atoms with Gasteiger partial charge in [-0.05, 0) is 42.5 Å². The summed E-state index contributed by atoms with van der Waals surface area (Å²) in [6.07, 6.45) is -4.68. The van der Waals surface area contributed by atoms with Gasteiger partial charge in [-0.3, -0.25) is 0 Å². The van der Waals surface area contributed by atoms with Crippen molar-refractivity contribution in [2.75, 3.05) is 4.31 Å². The molecule has 0 aliphatic rings. The van der Waals surface area contributed by atoms with Crippen LogP contribution in [0.15, 0.2) is 70.2 Å². The topological polar surface area (TPSA) is 123 Å². The lowest BCUT2D eigenvalue weighted by Gasteiger charge is -2.26. The molecule has 2 aromatic carbocycles. The Morgan fingerprint density at radius 2 is 1.71 bits per heavy atom. The zero-order valence-electron chi connectivity index (χ0n) is 21.2. The number of aromatic nitrogens is 2. The maximum absolute atomic E-state index is 14.0. The van der Waals surface area contributed by atoms with Crippen LogP contribution < -0.4 is 9.04 Å². The molecule has 15 heteroatoms. The number of rotatable bonds is 9. The number of halogens is 5. The fourth-order valence-corrected chi connectivity index (χ4v) is 5.78. The Labute approximate surface area is 242 Å². The Hall–Kier alpha value is -3.81. The predicted molar refractivity (Wildman–Crippen MR) is 144 cm³/mol. The van der Waals surface area contributed by atoms with Gasteiger partial charge in [0.15, 0.2) is 0 Å². The molecule has 0 unspecified atom stereocenters. The van der Waals surface area contributed by atoms with Gasteiger partial charge in [-0.15, -0.1) is 13.2 Å². The second kappa shape index (κ2) is 11.6. The molecule has 41 heavy (non-hydrogen) atoms. The van der Waals surface area contributed by atoms with Crippen molar-refractivity contribution in [1.82, 2.24) is 10.1 Å². The summed E-state index contributed by atoms with van der Waals surface area (Å²) in [5, 5.41) is 13.7. The van der Waals surface area contributed by atoms with Gasteiger partial charge in [0, 0.05) is 17.5 Å². The summed E-state index contributed by atoms with van der Waals surface area (Å²) < 4.78 is 78.2. The van der Waals surface area contributed by atoms with E-state index in [-0.39, 0.29) is 24.0 Å². The minimum atomic E-state index is -5.37. The van der Waals surface area contributed by atoms with Gasteiger partial charge < -0.3 is 14.4 Å². The number of benzene rings is 2. The van der Waals surface area contributed by atoms with E-state index in [1.807, 2.05) is 13.8 Å². The first-order chi connectivity index (χ1) is 19.2. The van der Waals surface area contributed by atoms with E-state index >= 15 is 0 Å². The number of alkyl halides is 3. The summed E-state index contributed by atoms with van der Waals surface area (Å²) in [6.45, 7) is 3.55. The third kappa shape index (κ3) is 6.26. The SMILES string of the molecule is CC(C)c1onc(-c2c(Cl)cccc2Cl)c1COc1ccc(N(C(F)(F)F)S(=O)(=O)c2ccc(C(=O)O)cc2)cn1. The van der Waals surface area contributed by atoms with Crippen molar-refractivity contribution >= 4 is 44.9 Å². The first-order valence-corrected chi connectivity index (χ1v) is 13.9. The number of hydrogen-bond donors (Lipinski definition) is 1. The van der Waals surface area contributed by atoms with E-state index in [9.17, 15) is 26.4 Å². The monoisotopic (exact) mass is 629 g/mol. The average molecular weight is 630 g/mol. The zero-order chi connectivity index (χ0) is 30.1. The molecule has 9 nitrogen and oxygen atoms in total. The first kappa shape index (κ1) is 30.2. The number of pyridine rings is 1. The van der Waals surface area contributed by atoms with Crippen LogP contribution in [-0.2, 0) is 16.6 Å². The molecule has 2 aromatic heterocycles. The van der Waals surface area contributed by atoms with Gasteiger partial charge in [-0.1, -0.05) is 48.3 Å². The summed E-state index contributed by atoms with van der Waals surface area (Å²) in [7, 11) is -5.19. The maximum atomic E-state index is 14.0. The molecule has 0 fully saturated rings. The number of aromatic carboxylic acids is 1. The molecule has 0 spiro atoms. The highest BCUT2D eigenvalue weighted by Gasteiger charge is 2.47. The Morgan fingerprint density at radius 1 is 1.07 bits per heavy atom. The Balaban J connectivity index is 1.63. The van der Waals surface area contributed by atoms with E-state index < -0.39 is 37.2 Å². The molecule has 4 rings (SSSR count). The predicted octanol–water partition coefficient (Wildman–Crippen LogP) is 7.16. The molecule has 0 radical (unpaired) electrons. The number of nitrogens with zero attached hydrogens (tertiary/aromatic N) is 3. The standard InChI is InChI=1S/C26H20Cl2F3N3O6S/c1-14(2)24-18(23(33-40-24)22-19(27)4-3-5-20(22)28)13-39-21-11-8-16(12-32-21)34(26(29,30)31)41(37,38)17-9-6-15(7-10-17)25(35)36/h3-12,14H,13H2,1-2H3,(H,35,36). The number of carboxylic acid groups (broad SMARTS) is 1. The van der Waals surface area contributed by atoms with Crippen molar-refractivity contribution in [3.8, 4) is 17.1 Å². The van der Waals surface area contributed by atoms with Crippen LogP contribution in [-0.4, -0.2) is 35.9 Å². The molecule has 216 valence electrons. The van der Waals surface area contributed by atoms with Crippen LogP contribution in [0.1, 0.15) is 41.4 Å². The minimum Gasteiger partial charge on any atom is -0.478 e. The van der Waals surface area contributed by atoms with Crippen LogP contribution >= 0.6 is 23.2 Å². The zero-order valence-corrected chi connectivity index (χ0v) is 23.5. The highest BCUT2D eigenvalue weighted by Crippen LogP contribution is 2.39. The van der Waals surface area contributed by atoms with Gasteiger partial charge in [0.25, 0.3) is 10.0 Å². The van der Waals surface area contributed by atoms with Crippen molar-refractivity contribution in [3.05, 3.63) is 87.7 Å². The van der Waals surface area contributed by atoms with Crippen molar-refractivity contribution in [2.45, 2.75) is 37.6 Å². The van der Waals surface area contributed by atoms with E-state index in [1.165, 1.54) is 0 Å². The van der Waals surface area contributed by atoms with Crippen LogP contribution in [0.25, 0.3) is 11.3 Å². The molecular formula is C26H20Cl2F3N3O6S. The van der Waals surface area contributed by atoms with Crippen LogP contribution in [0, 0.1) is 0 Å². The van der Waals surface area contributed by atoms with E-state index in [0.29, 0.717) is 38.8 Å². The smallest absolute Gasteiger partial charge is 0.478 e. The van der Waals surface area contributed by atoms with Gasteiger partial charge in [-0.25, -0.2) is 18.2 Å². The second-order valence-electron chi connectivity index (χ2n) is 8.84. The van der Waals surface area contributed by atoms with Crippen molar-refractivity contribution in [2.24, 2.45) is 0 Å². The molecule has 0 atom stereocenters. The molecule has 0 saturated heterocycles. The van der Waals surface area contributed by atoms with E-state index in [2.05, 4.69) is 10.1 Å². The van der Waals surface area contributed by atoms with Gasteiger partial charge in [0.1, 0.15) is 18.1 Å². The van der Waals surface area contributed by atoms with E-state index in [0.717, 1.165) is 36.4 Å². The number of hydrogen-bond acceptors (Lipinski definition) is 7. The normalized spacial score (nSPS) is 12.0. The molecule has 2 heterocycles. The first-order valence-electron chi connectivity index (χ1n) is 11.7. The van der Waals surface area contributed by atoms with Gasteiger partial charge in [-0.2, -0.15) is 4.31 Å². The Morgan fingerprint density at radius 3 is 2.22 bits per heavy atom. The largest absolute Gasteiger partial charge is 0.498 e. The van der Waals surface area contributed by atoms with Crippen LogP contribution in [0.5, 0.6) is 5.88 Å². The Bertz CT molecular complexity index is 1660. The van der Waals surface area contributed by atoms with Crippen molar-refractivity contribution in [1.29, 1.82) is 0 Å². The highest BCUT2D eigenvalue weighted by atomic mass is 35.5.